The van der Waals surface area contributed by atoms with Crippen molar-refractivity contribution in [1.29, 1.82) is 0 Å². The number of rotatable bonds is 9. The zero-order valence-corrected chi connectivity index (χ0v) is 13.6. The highest BCUT2D eigenvalue weighted by molar-refractivity contribution is 7.99. The van der Waals surface area contributed by atoms with Gasteiger partial charge in [-0.3, -0.25) is 4.79 Å². The molecule has 0 aromatic heterocycles. The van der Waals surface area contributed by atoms with Gasteiger partial charge in [-0.25, -0.2) is 4.79 Å². The Morgan fingerprint density at radius 1 is 1.28 bits per heavy atom. The monoisotopic (exact) mass is 291 g/mol. The van der Waals surface area contributed by atoms with Crippen LogP contribution in [0.1, 0.15) is 19.8 Å². The number of hydrogen-bond donors (Lipinski definition) is 2. The molecule has 1 amide bonds. The Kier molecular flexibility index (Phi) is 8.35. The van der Waals surface area contributed by atoms with Crippen molar-refractivity contribution in [2.75, 3.05) is 11.5 Å². The van der Waals surface area contributed by atoms with E-state index in [0.29, 0.717) is 5.75 Å². The summed E-state index contributed by atoms with van der Waals surface area (Å²) in [6.07, 6.45) is 2.35. The average molecular weight is 291 g/mol. The van der Waals surface area contributed by atoms with E-state index < -0.39 is 20.1 Å². The summed E-state index contributed by atoms with van der Waals surface area (Å²) < 4.78 is 0. The Morgan fingerprint density at radius 3 is 2.33 bits per heavy atom. The first-order valence-electron chi connectivity index (χ1n) is 6.30. The molecule has 0 saturated carbocycles. The van der Waals surface area contributed by atoms with Crippen LogP contribution in [0.5, 0.6) is 0 Å². The van der Waals surface area contributed by atoms with Crippen molar-refractivity contribution >= 4 is 31.7 Å². The van der Waals surface area contributed by atoms with Gasteiger partial charge in [0.1, 0.15) is 6.04 Å². The lowest BCUT2D eigenvalue weighted by Gasteiger charge is -2.15. The second-order valence-electron chi connectivity index (χ2n) is 5.68. The van der Waals surface area contributed by atoms with E-state index in [9.17, 15) is 9.59 Å². The van der Waals surface area contributed by atoms with Gasteiger partial charge in [0.25, 0.3) is 0 Å². The van der Waals surface area contributed by atoms with E-state index in [1.807, 2.05) is 0 Å². The SMILES string of the molecule is CC(=O)N[C@@H](CSCCCC[Si](C)(C)C)C(=O)O. The normalized spacial score (nSPS) is 13.1. The summed E-state index contributed by atoms with van der Waals surface area (Å²) in [4.78, 5) is 21.7. The zero-order chi connectivity index (χ0) is 14.2. The summed E-state index contributed by atoms with van der Waals surface area (Å²) in [5.74, 6) is 0.164. The van der Waals surface area contributed by atoms with Crippen molar-refractivity contribution in [3.05, 3.63) is 0 Å². The minimum absolute atomic E-state index is 0.290. The number of amides is 1. The first kappa shape index (κ1) is 17.5. The van der Waals surface area contributed by atoms with Gasteiger partial charge in [-0.05, 0) is 12.2 Å². The molecule has 0 aromatic carbocycles. The highest BCUT2D eigenvalue weighted by Crippen LogP contribution is 2.15. The quantitative estimate of drug-likeness (QED) is 0.506. The number of unbranched alkanes of at least 4 members (excludes halogenated alkanes) is 1. The van der Waals surface area contributed by atoms with Gasteiger partial charge in [0, 0.05) is 20.8 Å². The molecule has 0 aliphatic heterocycles. The molecule has 0 spiro atoms. The summed E-state index contributed by atoms with van der Waals surface area (Å²) in [6, 6.07) is 0.561. The molecule has 0 heterocycles. The van der Waals surface area contributed by atoms with Crippen LogP contribution in [-0.2, 0) is 9.59 Å². The Labute approximate surface area is 115 Å². The molecular weight excluding hydrogens is 266 g/mol. The number of carbonyl (C=O) groups is 2. The van der Waals surface area contributed by atoms with Crippen molar-refractivity contribution in [3.63, 3.8) is 0 Å². The lowest BCUT2D eigenvalue weighted by molar-refractivity contribution is -0.140. The molecule has 0 radical (unpaired) electrons. The van der Waals surface area contributed by atoms with Crippen LogP contribution >= 0.6 is 11.8 Å². The molecule has 6 heteroatoms. The predicted octanol–water partition coefficient (Wildman–Crippen LogP) is 2.43. The third-order valence-electron chi connectivity index (χ3n) is 2.43. The lowest BCUT2D eigenvalue weighted by atomic mass is 10.3. The van der Waals surface area contributed by atoms with Crippen LogP contribution in [0.4, 0.5) is 0 Å². The molecule has 0 aliphatic rings. The second-order valence-corrected chi connectivity index (χ2v) is 12.5. The molecule has 4 nitrogen and oxygen atoms in total. The maximum absolute atomic E-state index is 10.9. The maximum Gasteiger partial charge on any atom is 0.327 e. The molecule has 0 fully saturated rings. The van der Waals surface area contributed by atoms with Crippen molar-refractivity contribution in [1.82, 2.24) is 5.32 Å². The van der Waals surface area contributed by atoms with Crippen LogP contribution in [-0.4, -0.2) is 42.6 Å². The van der Waals surface area contributed by atoms with Crippen LogP contribution in [0.2, 0.25) is 25.7 Å². The third kappa shape index (κ3) is 10.6. The number of thioether (sulfide) groups is 1. The van der Waals surface area contributed by atoms with Crippen LogP contribution in [0.25, 0.3) is 0 Å². The summed E-state index contributed by atoms with van der Waals surface area (Å²) in [5, 5.41) is 11.4. The largest absolute Gasteiger partial charge is 0.480 e. The van der Waals surface area contributed by atoms with Crippen molar-refractivity contribution in [2.24, 2.45) is 0 Å². The van der Waals surface area contributed by atoms with Gasteiger partial charge in [-0.2, -0.15) is 11.8 Å². The van der Waals surface area contributed by atoms with Crippen molar-refractivity contribution < 1.29 is 14.7 Å². The molecule has 18 heavy (non-hydrogen) atoms. The van der Waals surface area contributed by atoms with Gasteiger partial charge < -0.3 is 10.4 Å². The number of carboxylic acid groups (broad SMARTS) is 1. The van der Waals surface area contributed by atoms with E-state index >= 15 is 0 Å². The zero-order valence-electron chi connectivity index (χ0n) is 11.8. The van der Waals surface area contributed by atoms with E-state index in [0.717, 1.165) is 12.2 Å². The molecule has 0 saturated heterocycles. The van der Waals surface area contributed by atoms with Gasteiger partial charge in [0.2, 0.25) is 5.91 Å². The molecule has 0 aromatic rings. The fourth-order valence-corrected chi connectivity index (χ4v) is 3.83. The third-order valence-corrected chi connectivity index (χ3v) is 5.43. The van der Waals surface area contributed by atoms with Gasteiger partial charge in [0.05, 0.1) is 0 Å². The first-order valence-corrected chi connectivity index (χ1v) is 11.2. The molecule has 2 N–H and O–H groups in total. The number of carboxylic acids is 1. The fraction of sp³-hybridized carbons (Fsp3) is 0.833. The maximum atomic E-state index is 10.9. The van der Waals surface area contributed by atoms with Gasteiger partial charge in [-0.15, -0.1) is 0 Å². The van der Waals surface area contributed by atoms with E-state index in [-0.39, 0.29) is 5.91 Å². The first-order chi connectivity index (χ1) is 8.22. The Hall–Kier alpha value is -0.493. The number of hydrogen-bond acceptors (Lipinski definition) is 3. The highest BCUT2D eigenvalue weighted by Gasteiger charge is 2.18. The van der Waals surface area contributed by atoms with Crippen LogP contribution in [0.15, 0.2) is 0 Å². The fourth-order valence-electron chi connectivity index (χ4n) is 1.48. The molecule has 0 unspecified atom stereocenters. The summed E-state index contributed by atoms with van der Waals surface area (Å²) >= 11 is 1.60. The van der Waals surface area contributed by atoms with E-state index in [1.165, 1.54) is 19.4 Å². The van der Waals surface area contributed by atoms with Crippen LogP contribution in [0.3, 0.4) is 0 Å². The smallest absolute Gasteiger partial charge is 0.327 e. The molecule has 0 aliphatic carbocycles. The van der Waals surface area contributed by atoms with E-state index in [4.69, 9.17) is 5.11 Å². The van der Waals surface area contributed by atoms with E-state index in [2.05, 4.69) is 25.0 Å². The summed E-state index contributed by atoms with van der Waals surface area (Å²) in [6.45, 7) is 8.42. The topological polar surface area (TPSA) is 66.4 Å². The highest BCUT2D eigenvalue weighted by atomic mass is 32.2. The number of nitrogens with one attached hydrogen (secondary N) is 1. The molecular formula is C12H25NO3SSi. The minimum Gasteiger partial charge on any atom is -0.480 e. The van der Waals surface area contributed by atoms with Crippen LogP contribution < -0.4 is 5.32 Å². The molecule has 1 atom stereocenters. The number of aliphatic carboxylic acids is 1. The van der Waals surface area contributed by atoms with Gasteiger partial charge in [-0.1, -0.05) is 32.1 Å². The van der Waals surface area contributed by atoms with Gasteiger partial charge >= 0.3 is 5.97 Å². The summed E-state index contributed by atoms with van der Waals surface area (Å²) in [5.41, 5.74) is 0. The molecule has 0 rings (SSSR count). The summed E-state index contributed by atoms with van der Waals surface area (Å²) in [7, 11) is -0.939. The van der Waals surface area contributed by atoms with Gasteiger partial charge in [0.15, 0.2) is 0 Å². The minimum atomic E-state index is -0.959. The molecule has 0 bridgehead atoms. The van der Waals surface area contributed by atoms with Crippen molar-refractivity contribution in [2.45, 2.75) is 51.5 Å². The number of carbonyl (C=O) groups excluding carboxylic acids is 1. The average Bonchev–Trinajstić information content (AvgIpc) is 2.18. The second kappa shape index (κ2) is 8.58. The standard InChI is InChI=1S/C12H25NO3SSi/c1-10(14)13-11(12(15)16)9-17-7-5-6-8-18(2,3)4/h11H,5-9H2,1-4H3,(H,13,14)(H,15,16)/t11-/m0/s1. The van der Waals surface area contributed by atoms with E-state index in [1.54, 1.807) is 11.8 Å². The van der Waals surface area contributed by atoms with Crippen LogP contribution in [0, 0.1) is 0 Å². The predicted molar refractivity (Wildman–Crippen MR) is 80.0 cm³/mol. The Bertz CT molecular complexity index is 279. The molecule has 106 valence electrons. The lowest BCUT2D eigenvalue weighted by Crippen LogP contribution is -2.41. The Balaban J connectivity index is 3.68. The Morgan fingerprint density at radius 2 is 1.89 bits per heavy atom. The van der Waals surface area contributed by atoms with Crippen molar-refractivity contribution in [3.8, 4) is 0 Å².